The van der Waals surface area contributed by atoms with Gasteiger partial charge in [0.05, 0.1) is 12.7 Å². The van der Waals surface area contributed by atoms with Crippen LogP contribution in [0.5, 0.6) is 0 Å². The van der Waals surface area contributed by atoms with E-state index in [1.807, 2.05) is 0 Å². The van der Waals surface area contributed by atoms with Crippen LogP contribution in [-0.2, 0) is 4.74 Å². The summed E-state index contributed by atoms with van der Waals surface area (Å²) in [6.45, 7) is 10.1. The Morgan fingerprint density at radius 1 is 1.50 bits per heavy atom. The predicted molar refractivity (Wildman–Crippen MR) is 50.1 cm³/mol. The van der Waals surface area contributed by atoms with Crippen molar-refractivity contribution in [3.63, 3.8) is 0 Å². The fourth-order valence-corrected chi connectivity index (χ4v) is 1.55. The second-order valence-corrected chi connectivity index (χ2v) is 4.28. The molecule has 3 heteroatoms. The Balaban J connectivity index is 1.97. The molecule has 0 atom stereocenters. The number of nitrogens with zero attached hydrogens (tertiary/aromatic N) is 1. The average molecular weight is 172 g/mol. The molecule has 0 saturated carbocycles. The molecule has 1 rings (SSSR count). The molecule has 0 aromatic rings. The minimum atomic E-state index is 0.0534. The number of rotatable bonds is 4. The number of nitrogens with two attached hydrogens (primary N) is 1. The zero-order chi connectivity index (χ0) is 9.19. The zero-order valence-corrected chi connectivity index (χ0v) is 8.34. The lowest BCUT2D eigenvalue weighted by Crippen LogP contribution is -2.65. The van der Waals surface area contributed by atoms with E-state index in [1.165, 1.54) is 0 Å². The quantitative estimate of drug-likeness (QED) is 0.669. The molecule has 1 aliphatic rings. The summed E-state index contributed by atoms with van der Waals surface area (Å²) >= 11 is 0. The van der Waals surface area contributed by atoms with Crippen LogP contribution in [0.15, 0.2) is 0 Å². The number of hydrogen-bond donors (Lipinski definition) is 1. The van der Waals surface area contributed by atoms with E-state index in [0.717, 1.165) is 26.2 Å². The molecular formula is C9H20N2O. The minimum Gasteiger partial charge on any atom is -0.377 e. The largest absolute Gasteiger partial charge is 0.377 e. The van der Waals surface area contributed by atoms with Crippen molar-refractivity contribution in [2.75, 3.05) is 26.2 Å². The van der Waals surface area contributed by atoms with Crippen LogP contribution in [-0.4, -0.2) is 42.8 Å². The van der Waals surface area contributed by atoms with Crippen LogP contribution in [0.3, 0.4) is 0 Å². The van der Waals surface area contributed by atoms with Gasteiger partial charge in [-0.05, 0) is 20.8 Å². The molecule has 0 aromatic carbocycles. The molecule has 1 heterocycles. The van der Waals surface area contributed by atoms with Crippen molar-refractivity contribution in [1.29, 1.82) is 0 Å². The molecule has 0 aliphatic carbocycles. The highest BCUT2D eigenvalue weighted by molar-refractivity contribution is 4.95. The van der Waals surface area contributed by atoms with Gasteiger partial charge < -0.3 is 10.5 Å². The summed E-state index contributed by atoms with van der Waals surface area (Å²) in [7, 11) is 0. The van der Waals surface area contributed by atoms with Crippen molar-refractivity contribution < 1.29 is 4.74 Å². The minimum absolute atomic E-state index is 0.0534. The van der Waals surface area contributed by atoms with Crippen LogP contribution in [0.1, 0.15) is 20.8 Å². The number of ether oxygens (including phenoxy) is 1. The van der Waals surface area contributed by atoms with Crippen molar-refractivity contribution in [3.8, 4) is 0 Å². The third-order valence-electron chi connectivity index (χ3n) is 2.03. The van der Waals surface area contributed by atoms with Crippen LogP contribution in [0.4, 0.5) is 0 Å². The van der Waals surface area contributed by atoms with Crippen molar-refractivity contribution in [2.45, 2.75) is 32.4 Å². The van der Waals surface area contributed by atoms with E-state index >= 15 is 0 Å². The maximum Gasteiger partial charge on any atom is 0.0596 e. The molecule has 0 amide bonds. The van der Waals surface area contributed by atoms with Crippen molar-refractivity contribution in [1.82, 2.24) is 4.90 Å². The summed E-state index contributed by atoms with van der Waals surface area (Å²) in [6.07, 6.45) is 0.343. The van der Waals surface area contributed by atoms with E-state index in [-0.39, 0.29) is 5.54 Å². The Labute approximate surface area is 74.9 Å². The van der Waals surface area contributed by atoms with Gasteiger partial charge in [-0.3, -0.25) is 4.90 Å². The Morgan fingerprint density at radius 2 is 2.08 bits per heavy atom. The predicted octanol–water partition coefficient (Wildman–Crippen LogP) is 0.444. The fourth-order valence-electron chi connectivity index (χ4n) is 1.55. The van der Waals surface area contributed by atoms with Gasteiger partial charge in [-0.1, -0.05) is 0 Å². The van der Waals surface area contributed by atoms with Crippen molar-refractivity contribution >= 4 is 0 Å². The van der Waals surface area contributed by atoms with Crippen molar-refractivity contribution in [2.24, 2.45) is 5.73 Å². The van der Waals surface area contributed by atoms with Gasteiger partial charge in [0.25, 0.3) is 0 Å². The van der Waals surface area contributed by atoms with E-state index in [9.17, 15) is 0 Å². The van der Waals surface area contributed by atoms with Crippen molar-refractivity contribution in [3.05, 3.63) is 0 Å². The molecule has 1 saturated heterocycles. The molecule has 0 radical (unpaired) electrons. The topological polar surface area (TPSA) is 38.5 Å². The van der Waals surface area contributed by atoms with Gasteiger partial charge in [-0.15, -0.1) is 0 Å². The van der Waals surface area contributed by atoms with Crippen LogP contribution in [0.2, 0.25) is 0 Å². The highest BCUT2D eigenvalue weighted by Crippen LogP contribution is 2.15. The molecule has 0 bridgehead atoms. The summed E-state index contributed by atoms with van der Waals surface area (Å²) in [5.74, 6) is 0. The fraction of sp³-hybridized carbons (Fsp3) is 1.00. The highest BCUT2D eigenvalue weighted by atomic mass is 16.5. The zero-order valence-electron chi connectivity index (χ0n) is 8.34. The molecule has 1 fully saturated rings. The van der Waals surface area contributed by atoms with Gasteiger partial charge in [-0.25, -0.2) is 0 Å². The van der Waals surface area contributed by atoms with Gasteiger partial charge in [-0.2, -0.15) is 0 Å². The lowest BCUT2D eigenvalue weighted by atomic mass is 9.94. The Morgan fingerprint density at radius 3 is 2.50 bits per heavy atom. The standard InChI is InChI=1S/C9H20N2O/c1-8(2)12-5-4-11-6-9(3,10)7-11/h8H,4-7,10H2,1-3H3. The Kier molecular flexibility index (Phi) is 3.09. The SMILES string of the molecule is CC(C)OCCN1CC(C)(N)C1. The lowest BCUT2D eigenvalue weighted by Gasteiger charge is -2.45. The van der Waals surface area contributed by atoms with Gasteiger partial charge in [0.15, 0.2) is 0 Å². The summed E-state index contributed by atoms with van der Waals surface area (Å²) < 4.78 is 5.43. The smallest absolute Gasteiger partial charge is 0.0596 e. The Bertz CT molecular complexity index is 137. The third-order valence-corrected chi connectivity index (χ3v) is 2.03. The summed E-state index contributed by atoms with van der Waals surface area (Å²) in [5, 5.41) is 0. The van der Waals surface area contributed by atoms with E-state index in [1.54, 1.807) is 0 Å². The second kappa shape index (κ2) is 3.73. The molecule has 0 spiro atoms. The molecule has 2 N–H and O–H groups in total. The first-order valence-corrected chi connectivity index (χ1v) is 4.62. The van der Waals surface area contributed by atoms with E-state index in [2.05, 4.69) is 25.7 Å². The third kappa shape index (κ3) is 3.09. The maximum absolute atomic E-state index is 5.86. The highest BCUT2D eigenvalue weighted by Gasteiger charge is 2.33. The Hall–Kier alpha value is -0.120. The summed E-state index contributed by atoms with van der Waals surface area (Å²) in [5.41, 5.74) is 5.91. The van der Waals surface area contributed by atoms with Gasteiger partial charge in [0.1, 0.15) is 0 Å². The molecule has 0 aromatic heterocycles. The first-order valence-electron chi connectivity index (χ1n) is 4.62. The molecule has 72 valence electrons. The average Bonchev–Trinajstić information content (AvgIpc) is 1.82. The van der Waals surface area contributed by atoms with E-state index < -0.39 is 0 Å². The maximum atomic E-state index is 5.86. The number of hydrogen-bond acceptors (Lipinski definition) is 3. The lowest BCUT2D eigenvalue weighted by molar-refractivity contribution is 0.0191. The second-order valence-electron chi connectivity index (χ2n) is 4.28. The van der Waals surface area contributed by atoms with Gasteiger partial charge in [0.2, 0.25) is 0 Å². The van der Waals surface area contributed by atoms with Crippen LogP contribution in [0, 0.1) is 0 Å². The van der Waals surface area contributed by atoms with Crippen LogP contribution in [0.25, 0.3) is 0 Å². The van der Waals surface area contributed by atoms with Crippen LogP contribution >= 0.6 is 0 Å². The molecule has 0 unspecified atom stereocenters. The van der Waals surface area contributed by atoms with E-state index in [0.29, 0.717) is 6.10 Å². The monoisotopic (exact) mass is 172 g/mol. The molecule has 1 aliphatic heterocycles. The molecular weight excluding hydrogens is 152 g/mol. The van der Waals surface area contributed by atoms with Gasteiger partial charge >= 0.3 is 0 Å². The molecule has 3 nitrogen and oxygen atoms in total. The van der Waals surface area contributed by atoms with Gasteiger partial charge in [0, 0.05) is 25.2 Å². The molecule has 12 heavy (non-hydrogen) atoms. The normalized spacial score (nSPS) is 22.8. The van der Waals surface area contributed by atoms with Crippen LogP contribution < -0.4 is 5.73 Å². The van der Waals surface area contributed by atoms with E-state index in [4.69, 9.17) is 10.5 Å². The first kappa shape index (κ1) is 9.96. The summed E-state index contributed by atoms with van der Waals surface area (Å²) in [4.78, 5) is 2.32. The number of likely N-dealkylation sites (tertiary alicyclic amines) is 1. The summed E-state index contributed by atoms with van der Waals surface area (Å²) in [6, 6.07) is 0. The first-order chi connectivity index (χ1) is 5.49.